The molecular formula is C51H44BCoN9S. The van der Waals surface area contributed by atoms with Crippen molar-refractivity contribution in [3.63, 3.8) is 0 Å². The van der Waals surface area contributed by atoms with Crippen molar-refractivity contribution in [3.05, 3.63) is 217 Å². The second-order valence-corrected chi connectivity index (χ2v) is 14.8. The summed E-state index contributed by atoms with van der Waals surface area (Å²) in [7, 11) is 0. The van der Waals surface area contributed by atoms with Crippen LogP contribution in [0.4, 0.5) is 0 Å². The summed E-state index contributed by atoms with van der Waals surface area (Å²) in [5.74, 6) is 2.77. The zero-order valence-electron chi connectivity index (χ0n) is 34.6. The van der Waals surface area contributed by atoms with Gasteiger partial charge in [-0.3, -0.25) is 4.90 Å². The summed E-state index contributed by atoms with van der Waals surface area (Å²) in [4.78, 5) is 26.9. The topological polar surface area (TPSA) is 135 Å². The Labute approximate surface area is 382 Å². The summed E-state index contributed by atoms with van der Waals surface area (Å²) in [6.45, 7) is 3.40. The third-order valence-electron chi connectivity index (χ3n) is 10.6. The summed E-state index contributed by atoms with van der Waals surface area (Å²) in [6, 6.07) is 69.6. The van der Waals surface area contributed by atoms with Crippen molar-refractivity contribution in [2.45, 2.75) is 26.6 Å². The van der Waals surface area contributed by atoms with Crippen LogP contribution in [0.3, 0.4) is 0 Å². The molecule has 10 rings (SSSR count). The second kappa shape index (κ2) is 22.6. The predicted octanol–water partition coefficient (Wildman–Crippen LogP) is 8.77. The van der Waals surface area contributed by atoms with E-state index in [1.165, 1.54) is 33.9 Å². The van der Waals surface area contributed by atoms with E-state index in [2.05, 4.69) is 172 Å². The van der Waals surface area contributed by atoms with Crippen molar-refractivity contribution in [3.8, 4) is 6.07 Å². The van der Waals surface area contributed by atoms with Crippen molar-refractivity contribution in [1.29, 1.82) is 5.26 Å². The van der Waals surface area contributed by atoms with Gasteiger partial charge in [0, 0.05) is 6.92 Å². The van der Waals surface area contributed by atoms with E-state index < -0.39 is 6.15 Å². The summed E-state index contributed by atoms with van der Waals surface area (Å²) >= 11 is 3.70. The zero-order chi connectivity index (χ0) is 43.0. The monoisotopic (exact) mass is 884 g/mol. The summed E-state index contributed by atoms with van der Waals surface area (Å²) in [5, 5.41) is 15.8. The maximum Gasteiger partial charge on any atom is 2.00 e. The van der Waals surface area contributed by atoms with Gasteiger partial charge in [-0.2, -0.15) is 32.3 Å². The molecule has 7 aromatic carbocycles. The van der Waals surface area contributed by atoms with E-state index in [4.69, 9.17) is 25.6 Å². The Morgan fingerprint density at radius 3 is 0.937 bits per heavy atom. The number of rotatable bonds is 10. The molecule has 12 heteroatoms. The second-order valence-electron chi connectivity index (χ2n) is 14.6. The minimum Gasteiger partial charge on any atom is -0.753 e. The van der Waals surface area contributed by atoms with Crippen LogP contribution in [-0.4, -0.2) is 46.1 Å². The molecule has 63 heavy (non-hydrogen) atoms. The molecule has 3 heterocycles. The number of imidazole rings is 3. The average molecular weight is 885 g/mol. The van der Waals surface area contributed by atoms with Gasteiger partial charge in [-0.05, 0) is 36.4 Å². The molecule has 3 N–H and O–H groups in total. The number of nitriles is 1. The molecule has 0 unspecified atom stereocenters. The van der Waals surface area contributed by atoms with E-state index >= 15 is 0 Å². The molecule has 311 valence electrons. The maximum atomic E-state index is 7.32. The van der Waals surface area contributed by atoms with Gasteiger partial charge in [-0.1, -0.05) is 170 Å². The summed E-state index contributed by atoms with van der Waals surface area (Å²) < 4.78 is 0. The average Bonchev–Trinajstić information content (AvgIpc) is 4.05. The number of nitrogens with one attached hydrogen (secondary N) is 3. The van der Waals surface area contributed by atoms with Crippen molar-refractivity contribution in [2.75, 3.05) is 0 Å². The van der Waals surface area contributed by atoms with Gasteiger partial charge >= 0.3 is 16.8 Å². The third kappa shape index (κ3) is 11.0. The number of fused-ring (bicyclic) bond motifs is 3. The van der Waals surface area contributed by atoms with Crippen molar-refractivity contribution in [1.82, 2.24) is 34.8 Å². The number of para-hydroxylation sites is 6. The van der Waals surface area contributed by atoms with Crippen LogP contribution < -0.4 is 21.9 Å². The Hall–Kier alpha value is -7.23. The number of H-pyrrole nitrogens is 3. The fraction of sp³-hybridized carbons (Fsp3) is 0.0784. The van der Waals surface area contributed by atoms with Crippen LogP contribution in [0.2, 0.25) is 0 Å². The minimum atomic E-state index is -1.22. The summed E-state index contributed by atoms with van der Waals surface area (Å²) in [6.07, 6.45) is -1.22. The normalized spacial score (nSPS) is 10.6. The Bertz CT molecular complexity index is 2570. The van der Waals surface area contributed by atoms with E-state index in [1.807, 2.05) is 54.6 Å². The maximum absolute atomic E-state index is 7.32. The van der Waals surface area contributed by atoms with E-state index in [-0.39, 0.29) is 16.8 Å². The molecule has 0 aliphatic heterocycles. The summed E-state index contributed by atoms with van der Waals surface area (Å²) in [5.41, 5.74) is 11.4. The number of hydrogen-bond donors (Lipinski definition) is 3. The molecule has 0 atom stereocenters. The van der Waals surface area contributed by atoms with Crippen molar-refractivity contribution < 1.29 is 16.8 Å². The molecule has 0 amide bonds. The molecule has 1 radical (unpaired) electrons. The van der Waals surface area contributed by atoms with Crippen LogP contribution in [0.25, 0.3) is 38.5 Å². The smallest absolute Gasteiger partial charge is 0.753 e. The third-order valence-corrected chi connectivity index (χ3v) is 10.6. The van der Waals surface area contributed by atoms with Gasteiger partial charge in [0.05, 0.1) is 58.8 Å². The van der Waals surface area contributed by atoms with Crippen LogP contribution in [0.15, 0.2) is 194 Å². The fourth-order valence-electron chi connectivity index (χ4n) is 8.17. The fourth-order valence-corrected chi connectivity index (χ4v) is 8.17. The molecule has 10 aromatic rings. The van der Waals surface area contributed by atoms with Crippen LogP contribution >= 0.6 is 12.2 Å². The number of benzene rings is 7. The van der Waals surface area contributed by atoms with Crippen LogP contribution in [-0.2, 0) is 36.4 Å². The minimum absolute atomic E-state index is 0. The number of hydrogen-bond acceptors (Lipinski definition) is 6. The van der Waals surface area contributed by atoms with Gasteiger partial charge in [0.2, 0.25) is 0 Å². The van der Waals surface area contributed by atoms with Crippen LogP contribution in [0.1, 0.15) is 24.4 Å². The zero-order valence-corrected chi connectivity index (χ0v) is 36.5. The molecule has 0 saturated carbocycles. The molecule has 0 fully saturated rings. The standard InChI is InChI=1S/C24H20B.C24H21N7.C2H3N.CNS.Co/c1-5-13-21(14-6-1)25(22-15-7-2-8-16-22,23-17-9-3-10-18-23)24-19-11-4-12-20-24;1-2-8-17-16(7-1)25-22(26-17)13-31(14-23-27-18-9-3-4-10-19(18)28-23)15-24-29-20-11-5-6-12-21(20)30-24;1-2-3;2-1-3;/h1-20H;1-12H,13-15H2,(H,25,26)(H,27,28)(H,29,30);1H3;;/q-1;;;-1;+2. The Morgan fingerprint density at radius 1 is 0.476 bits per heavy atom. The van der Waals surface area contributed by atoms with Gasteiger partial charge in [-0.25, -0.2) is 15.0 Å². The van der Waals surface area contributed by atoms with Crippen molar-refractivity contribution >= 4 is 78.5 Å². The molecular weight excluding hydrogens is 840 g/mol. The first kappa shape index (κ1) is 45.3. The molecule has 0 bridgehead atoms. The molecule has 3 aromatic heterocycles. The quantitative estimate of drug-likeness (QED) is 0.0715. The van der Waals surface area contributed by atoms with E-state index in [1.54, 1.807) is 6.07 Å². The molecule has 0 spiro atoms. The van der Waals surface area contributed by atoms with E-state index in [9.17, 15) is 0 Å². The Balaban J connectivity index is 0.000000187. The van der Waals surface area contributed by atoms with E-state index in [0.29, 0.717) is 19.6 Å². The first-order valence-electron chi connectivity index (χ1n) is 20.3. The molecule has 0 aliphatic rings. The van der Waals surface area contributed by atoms with Crippen LogP contribution in [0.5, 0.6) is 0 Å². The van der Waals surface area contributed by atoms with Crippen LogP contribution in [0, 0.1) is 11.3 Å². The molecule has 9 nitrogen and oxygen atoms in total. The number of aromatic nitrogens is 6. The number of aromatic amines is 3. The van der Waals surface area contributed by atoms with E-state index in [0.717, 1.165) is 50.6 Å². The van der Waals surface area contributed by atoms with Gasteiger partial charge < -0.3 is 20.4 Å². The molecule has 0 saturated heterocycles. The number of nitrogens with zero attached hydrogens (tertiary/aromatic N) is 6. The first-order valence-corrected chi connectivity index (χ1v) is 20.7. The predicted molar refractivity (Wildman–Crippen MR) is 259 cm³/mol. The van der Waals surface area contributed by atoms with Gasteiger partial charge in [0.25, 0.3) is 0 Å². The largest absolute Gasteiger partial charge is 2.00 e. The van der Waals surface area contributed by atoms with Crippen molar-refractivity contribution in [2.24, 2.45) is 0 Å². The first-order chi connectivity index (χ1) is 30.5. The van der Waals surface area contributed by atoms with Gasteiger partial charge in [0.15, 0.2) is 0 Å². The SMILES string of the molecule is CC#N.[Co+2].[N-]=C=S.c1ccc([B-](c2ccccc2)(c2ccccc2)c2ccccc2)cc1.c1ccc2[nH]c(CN(Cc3nc4ccccc4[nH]3)Cc3nc4ccccc4[nH]3)nc2c1. The van der Waals surface area contributed by atoms with Gasteiger partial charge in [-0.15, -0.1) is 0 Å². The Kier molecular flexibility index (Phi) is 16.2. The van der Waals surface area contributed by atoms with Gasteiger partial charge in [0.1, 0.15) is 23.6 Å². The molecule has 0 aliphatic carbocycles. The Morgan fingerprint density at radius 2 is 0.698 bits per heavy atom. The number of isothiocyanates is 1. The number of thiocarbonyl (C=S) groups is 1.